The molecule has 1 heterocycles. The van der Waals surface area contributed by atoms with Crippen LogP contribution in [0.15, 0.2) is 40.8 Å². The Morgan fingerprint density at radius 3 is 2.58 bits per heavy atom. The molecule has 2 amide bonds. The number of nitrogens with one attached hydrogen (secondary N) is 1. The first kappa shape index (κ1) is 17.5. The van der Waals surface area contributed by atoms with Crippen LogP contribution in [0.5, 0.6) is 0 Å². The van der Waals surface area contributed by atoms with Crippen LogP contribution in [0, 0.1) is 20.8 Å². The smallest absolute Gasteiger partial charge is 0.246 e. The molecular weight excluding hydrogens is 304 g/mol. The summed E-state index contributed by atoms with van der Waals surface area (Å²) in [6.07, 6.45) is 2.98. The largest absolute Gasteiger partial charge is 0.462 e. The van der Waals surface area contributed by atoms with Gasteiger partial charge < -0.3 is 14.6 Å². The second-order valence-electron chi connectivity index (χ2n) is 5.77. The van der Waals surface area contributed by atoms with E-state index in [0.29, 0.717) is 5.76 Å². The van der Waals surface area contributed by atoms with Crippen LogP contribution in [0.1, 0.15) is 22.6 Å². The Bertz CT molecular complexity index is 775. The lowest BCUT2D eigenvalue weighted by atomic mass is 10.1. The molecule has 2 aromatic rings. The van der Waals surface area contributed by atoms with Gasteiger partial charge >= 0.3 is 0 Å². The van der Waals surface area contributed by atoms with Gasteiger partial charge in [0.2, 0.25) is 11.8 Å². The quantitative estimate of drug-likeness (QED) is 0.857. The van der Waals surface area contributed by atoms with E-state index in [1.807, 2.05) is 45.0 Å². The molecular formula is C19H22N2O3. The molecule has 0 saturated carbocycles. The van der Waals surface area contributed by atoms with Crippen molar-refractivity contribution in [3.63, 3.8) is 0 Å². The SMILES string of the molecule is Cc1ccc(/C=C/C(=O)N(C)CC(=O)Nc2cccc(C)c2C)o1. The lowest BCUT2D eigenvalue weighted by Gasteiger charge is -2.16. The second-order valence-corrected chi connectivity index (χ2v) is 5.77. The maximum absolute atomic E-state index is 12.1. The Kier molecular flexibility index (Phi) is 5.58. The van der Waals surface area contributed by atoms with E-state index in [1.54, 1.807) is 19.2 Å². The molecule has 0 fully saturated rings. The molecule has 1 aromatic carbocycles. The zero-order chi connectivity index (χ0) is 17.7. The zero-order valence-corrected chi connectivity index (χ0v) is 14.4. The van der Waals surface area contributed by atoms with E-state index in [1.165, 1.54) is 11.0 Å². The van der Waals surface area contributed by atoms with Crippen LogP contribution >= 0.6 is 0 Å². The maximum atomic E-state index is 12.1. The van der Waals surface area contributed by atoms with Crippen LogP contribution < -0.4 is 5.32 Å². The number of benzene rings is 1. The van der Waals surface area contributed by atoms with Crippen LogP contribution in [-0.4, -0.2) is 30.3 Å². The molecule has 0 saturated heterocycles. The number of rotatable bonds is 5. The van der Waals surface area contributed by atoms with Gasteiger partial charge in [0, 0.05) is 18.8 Å². The minimum absolute atomic E-state index is 0.0201. The summed E-state index contributed by atoms with van der Waals surface area (Å²) in [5.41, 5.74) is 2.89. The predicted octanol–water partition coefficient (Wildman–Crippen LogP) is 3.32. The number of carbonyl (C=O) groups excluding carboxylic acids is 2. The first-order valence-corrected chi connectivity index (χ1v) is 7.72. The van der Waals surface area contributed by atoms with Crippen molar-refractivity contribution < 1.29 is 14.0 Å². The molecule has 126 valence electrons. The summed E-state index contributed by atoms with van der Waals surface area (Å²) in [5, 5.41) is 2.84. The lowest BCUT2D eigenvalue weighted by molar-refractivity contribution is -0.129. The number of hydrogen-bond acceptors (Lipinski definition) is 3. The Morgan fingerprint density at radius 1 is 1.17 bits per heavy atom. The monoisotopic (exact) mass is 326 g/mol. The number of aryl methyl sites for hydroxylation is 2. The average molecular weight is 326 g/mol. The fourth-order valence-corrected chi connectivity index (χ4v) is 2.19. The van der Waals surface area contributed by atoms with Gasteiger partial charge in [-0.3, -0.25) is 9.59 Å². The molecule has 5 heteroatoms. The fraction of sp³-hybridized carbons (Fsp3) is 0.263. The highest BCUT2D eigenvalue weighted by molar-refractivity contribution is 5.98. The normalized spacial score (nSPS) is 10.8. The van der Waals surface area contributed by atoms with Crippen LogP contribution in [-0.2, 0) is 9.59 Å². The summed E-state index contributed by atoms with van der Waals surface area (Å²) in [5.74, 6) is 0.888. The topological polar surface area (TPSA) is 62.6 Å². The van der Waals surface area contributed by atoms with E-state index in [9.17, 15) is 9.59 Å². The van der Waals surface area contributed by atoms with Gasteiger partial charge in [0.1, 0.15) is 11.5 Å². The van der Waals surface area contributed by atoms with Crippen molar-refractivity contribution >= 4 is 23.6 Å². The molecule has 2 rings (SSSR count). The molecule has 5 nitrogen and oxygen atoms in total. The second kappa shape index (κ2) is 7.64. The average Bonchev–Trinajstić information content (AvgIpc) is 2.95. The number of carbonyl (C=O) groups is 2. The maximum Gasteiger partial charge on any atom is 0.246 e. The highest BCUT2D eigenvalue weighted by Crippen LogP contribution is 2.17. The van der Waals surface area contributed by atoms with Gasteiger partial charge in [-0.25, -0.2) is 0 Å². The predicted molar refractivity (Wildman–Crippen MR) is 94.7 cm³/mol. The van der Waals surface area contributed by atoms with Crippen LogP contribution in [0.4, 0.5) is 5.69 Å². The highest BCUT2D eigenvalue weighted by atomic mass is 16.3. The Balaban J connectivity index is 1.92. The van der Waals surface area contributed by atoms with E-state index in [2.05, 4.69) is 5.32 Å². The molecule has 0 aliphatic rings. The first-order valence-electron chi connectivity index (χ1n) is 7.72. The third-order valence-corrected chi connectivity index (χ3v) is 3.79. The van der Waals surface area contributed by atoms with Crippen molar-refractivity contribution in [2.24, 2.45) is 0 Å². The standard InChI is InChI=1S/C19H22N2O3/c1-13-6-5-7-17(15(13)3)20-18(22)12-21(4)19(23)11-10-16-9-8-14(2)24-16/h5-11H,12H2,1-4H3,(H,20,22)/b11-10+. The lowest BCUT2D eigenvalue weighted by Crippen LogP contribution is -2.34. The van der Waals surface area contributed by atoms with Crippen molar-refractivity contribution in [2.45, 2.75) is 20.8 Å². The van der Waals surface area contributed by atoms with Crippen molar-refractivity contribution in [2.75, 3.05) is 18.9 Å². The molecule has 0 bridgehead atoms. The van der Waals surface area contributed by atoms with Crippen molar-refractivity contribution in [3.05, 3.63) is 59.1 Å². The van der Waals surface area contributed by atoms with Gasteiger partial charge in [-0.1, -0.05) is 12.1 Å². The van der Waals surface area contributed by atoms with Crippen molar-refractivity contribution in [1.82, 2.24) is 4.90 Å². The van der Waals surface area contributed by atoms with Crippen molar-refractivity contribution in [3.8, 4) is 0 Å². The molecule has 0 aliphatic carbocycles. The van der Waals surface area contributed by atoms with Crippen molar-refractivity contribution in [1.29, 1.82) is 0 Å². The van der Waals surface area contributed by atoms with E-state index >= 15 is 0 Å². The molecule has 0 spiro atoms. The Hall–Kier alpha value is -2.82. The van der Waals surface area contributed by atoms with E-state index in [-0.39, 0.29) is 18.4 Å². The molecule has 0 aliphatic heterocycles. The molecule has 24 heavy (non-hydrogen) atoms. The van der Waals surface area contributed by atoms with Gasteiger partial charge in [-0.05, 0) is 56.2 Å². The van der Waals surface area contributed by atoms with Crippen LogP contribution in [0.25, 0.3) is 6.08 Å². The molecule has 0 unspecified atom stereocenters. The van der Waals surface area contributed by atoms with Gasteiger partial charge in [-0.2, -0.15) is 0 Å². The number of likely N-dealkylation sites (N-methyl/N-ethyl adjacent to an activating group) is 1. The Morgan fingerprint density at radius 2 is 1.92 bits per heavy atom. The van der Waals surface area contributed by atoms with E-state index in [0.717, 1.165) is 22.6 Å². The summed E-state index contributed by atoms with van der Waals surface area (Å²) in [6, 6.07) is 9.34. The molecule has 0 atom stereocenters. The van der Waals surface area contributed by atoms with E-state index in [4.69, 9.17) is 4.42 Å². The van der Waals surface area contributed by atoms with Crippen LogP contribution in [0.2, 0.25) is 0 Å². The van der Waals surface area contributed by atoms with Crippen LogP contribution in [0.3, 0.4) is 0 Å². The minimum atomic E-state index is -0.264. The fourth-order valence-electron chi connectivity index (χ4n) is 2.19. The molecule has 1 aromatic heterocycles. The number of nitrogens with zero attached hydrogens (tertiary/aromatic N) is 1. The van der Waals surface area contributed by atoms with Gasteiger partial charge in [0.05, 0.1) is 6.54 Å². The van der Waals surface area contributed by atoms with Gasteiger partial charge in [0.15, 0.2) is 0 Å². The summed E-state index contributed by atoms with van der Waals surface area (Å²) in [4.78, 5) is 25.5. The Labute approximate surface area is 142 Å². The zero-order valence-electron chi connectivity index (χ0n) is 14.4. The summed E-state index contributed by atoms with van der Waals surface area (Å²) < 4.78 is 5.36. The summed E-state index contributed by atoms with van der Waals surface area (Å²) in [7, 11) is 1.59. The summed E-state index contributed by atoms with van der Waals surface area (Å²) >= 11 is 0. The highest BCUT2D eigenvalue weighted by Gasteiger charge is 2.12. The third kappa shape index (κ3) is 4.59. The number of anilines is 1. The van der Waals surface area contributed by atoms with E-state index < -0.39 is 0 Å². The number of amides is 2. The summed E-state index contributed by atoms with van der Waals surface area (Å²) in [6.45, 7) is 5.76. The number of hydrogen-bond donors (Lipinski definition) is 1. The molecule has 1 N–H and O–H groups in total. The number of furan rings is 1. The van der Waals surface area contributed by atoms with Gasteiger partial charge in [-0.15, -0.1) is 0 Å². The minimum Gasteiger partial charge on any atom is -0.462 e. The van der Waals surface area contributed by atoms with Gasteiger partial charge in [0.25, 0.3) is 0 Å². The third-order valence-electron chi connectivity index (χ3n) is 3.79. The molecule has 0 radical (unpaired) electrons. The first-order chi connectivity index (χ1) is 11.4.